The van der Waals surface area contributed by atoms with Crippen molar-refractivity contribution in [1.29, 1.82) is 0 Å². The fourth-order valence-corrected chi connectivity index (χ4v) is 3.17. The summed E-state index contributed by atoms with van der Waals surface area (Å²) in [5.41, 5.74) is 1.20. The van der Waals surface area contributed by atoms with Crippen LogP contribution in [-0.4, -0.2) is 24.3 Å². The Morgan fingerprint density at radius 1 is 1.32 bits per heavy atom. The Morgan fingerprint density at radius 3 is 2.59 bits per heavy atom. The molecule has 0 heterocycles. The van der Waals surface area contributed by atoms with Gasteiger partial charge in [0.25, 0.3) is 0 Å². The number of aromatic hydroxyl groups is 1. The highest BCUT2D eigenvalue weighted by Gasteiger charge is 2.16. The number of hydrogen-bond donors (Lipinski definition) is 1. The highest BCUT2D eigenvalue weighted by atomic mass is 35.5. The summed E-state index contributed by atoms with van der Waals surface area (Å²) in [7, 11) is 1.47. The first kappa shape index (κ1) is 16.7. The second kappa shape index (κ2) is 7.56. The van der Waals surface area contributed by atoms with Gasteiger partial charge in [-0.1, -0.05) is 18.5 Å². The molecule has 1 N–H and O–H groups in total. The van der Waals surface area contributed by atoms with Crippen molar-refractivity contribution in [3.63, 3.8) is 0 Å². The van der Waals surface area contributed by atoms with Crippen LogP contribution in [0.1, 0.15) is 28.8 Å². The van der Waals surface area contributed by atoms with Gasteiger partial charge in [0.15, 0.2) is 11.5 Å². The predicted molar refractivity (Wildman–Crippen MR) is 90.6 cm³/mol. The maximum absolute atomic E-state index is 11.0. The zero-order valence-electron chi connectivity index (χ0n) is 12.4. The third-order valence-corrected chi connectivity index (χ3v) is 4.85. The number of phenolic OH excluding ortho intramolecular Hbond substituents is 1. The molecule has 0 radical (unpaired) electrons. The number of hydrogen-bond acceptors (Lipinski definition) is 4. The van der Waals surface area contributed by atoms with Crippen molar-refractivity contribution < 1.29 is 14.6 Å². The second-order valence-electron chi connectivity index (χ2n) is 4.94. The monoisotopic (exact) mass is 336 g/mol. The Hall–Kier alpha value is -1.65. The molecule has 0 saturated carbocycles. The number of thioether (sulfide) groups is 1. The van der Waals surface area contributed by atoms with E-state index < -0.39 is 0 Å². The van der Waals surface area contributed by atoms with E-state index in [2.05, 4.69) is 0 Å². The molecule has 2 aromatic rings. The lowest BCUT2D eigenvalue weighted by atomic mass is 9.99. The van der Waals surface area contributed by atoms with Gasteiger partial charge in [-0.3, -0.25) is 4.79 Å². The van der Waals surface area contributed by atoms with E-state index in [1.807, 2.05) is 31.2 Å². The second-order valence-corrected chi connectivity index (χ2v) is 6.47. The number of carbonyl (C=O) groups excluding carboxylic acids is 1. The van der Waals surface area contributed by atoms with Crippen molar-refractivity contribution in [2.45, 2.75) is 17.7 Å². The number of rotatable bonds is 6. The van der Waals surface area contributed by atoms with Crippen LogP contribution >= 0.6 is 23.4 Å². The Morgan fingerprint density at radius 2 is 2.00 bits per heavy atom. The highest BCUT2D eigenvalue weighted by Crippen LogP contribution is 2.37. The topological polar surface area (TPSA) is 46.5 Å². The van der Waals surface area contributed by atoms with E-state index in [9.17, 15) is 9.90 Å². The van der Waals surface area contributed by atoms with Crippen LogP contribution in [0.2, 0.25) is 5.02 Å². The lowest BCUT2D eigenvalue weighted by Crippen LogP contribution is -2.00. The first-order valence-electron chi connectivity index (χ1n) is 6.79. The van der Waals surface area contributed by atoms with Gasteiger partial charge in [0.1, 0.15) is 6.29 Å². The van der Waals surface area contributed by atoms with Gasteiger partial charge in [0, 0.05) is 26.8 Å². The molecule has 0 aromatic heterocycles. The molecule has 5 heteroatoms. The SMILES string of the molecule is COc1cc(C=O)cc(C(C)CSc2ccc(Cl)cc2)c1O. The molecule has 0 spiro atoms. The van der Waals surface area contributed by atoms with Gasteiger partial charge >= 0.3 is 0 Å². The van der Waals surface area contributed by atoms with Crippen LogP contribution in [0.25, 0.3) is 0 Å². The van der Waals surface area contributed by atoms with E-state index in [4.69, 9.17) is 16.3 Å². The summed E-state index contributed by atoms with van der Waals surface area (Å²) in [4.78, 5) is 12.1. The number of methoxy groups -OCH3 is 1. The summed E-state index contributed by atoms with van der Waals surface area (Å²) in [6, 6.07) is 10.9. The number of halogens is 1. The fraction of sp³-hybridized carbons (Fsp3) is 0.235. The van der Waals surface area contributed by atoms with E-state index in [0.717, 1.165) is 16.9 Å². The molecule has 0 aliphatic rings. The van der Waals surface area contributed by atoms with E-state index in [1.54, 1.807) is 17.8 Å². The minimum Gasteiger partial charge on any atom is -0.504 e. The summed E-state index contributed by atoms with van der Waals surface area (Å²) < 4.78 is 5.12. The molecule has 3 nitrogen and oxygen atoms in total. The molecule has 116 valence electrons. The average molecular weight is 337 g/mol. The third-order valence-electron chi connectivity index (χ3n) is 3.33. The van der Waals surface area contributed by atoms with Crippen LogP contribution in [-0.2, 0) is 0 Å². The van der Waals surface area contributed by atoms with Gasteiger partial charge in [-0.25, -0.2) is 0 Å². The highest BCUT2D eigenvalue weighted by molar-refractivity contribution is 7.99. The smallest absolute Gasteiger partial charge is 0.161 e. The fourth-order valence-electron chi connectivity index (χ4n) is 2.09. The summed E-state index contributed by atoms with van der Waals surface area (Å²) in [5, 5.41) is 11.0. The third kappa shape index (κ3) is 3.96. The Labute approximate surface area is 139 Å². The first-order chi connectivity index (χ1) is 10.5. The molecule has 0 saturated heterocycles. The predicted octanol–water partition coefficient (Wildman–Crippen LogP) is 4.76. The van der Waals surface area contributed by atoms with Crippen molar-refractivity contribution in [3.05, 3.63) is 52.5 Å². The van der Waals surface area contributed by atoms with E-state index >= 15 is 0 Å². The molecule has 0 aliphatic carbocycles. The molecule has 0 amide bonds. The zero-order chi connectivity index (χ0) is 16.1. The van der Waals surface area contributed by atoms with Crippen molar-refractivity contribution in [2.75, 3.05) is 12.9 Å². The largest absolute Gasteiger partial charge is 0.504 e. The van der Waals surface area contributed by atoms with E-state index in [0.29, 0.717) is 21.9 Å². The minimum atomic E-state index is 0.0643. The van der Waals surface area contributed by atoms with Crippen molar-refractivity contribution >= 4 is 29.6 Å². The van der Waals surface area contributed by atoms with Crippen LogP contribution in [0.5, 0.6) is 11.5 Å². The van der Waals surface area contributed by atoms with Crippen molar-refractivity contribution in [2.24, 2.45) is 0 Å². The molecule has 0 aliphatic heterocycles. The number of phenols is 1. The van der Waals surface area contributed by atoms with Gasteiger partial charge in [0.2, 0.25) is 0 Å². The Bertz CT molecular complexity index is 656. The molecule has 1 atom stereocenters. The summed E-state index contributed by atoms with van der Waals surface area (Å²) in [6.45, 7) is 2.01. The van der Waals surface area contributed by atoms with Crippen LogP contribution in [0.4, 0.5) is 0 Å². The van der Waals surface area contributed by atoms with Gasteiger partial charge in [-0.2, -0.15) is 0 Å². The zero-order valence-corrected chi connectivity index (χ0v) is 13.9. The molecule has 1 unspecified atom stereocenters. The van der Waals surface area contributed by atoms with E-state index in [-0.39, 0.29) is 11.7 Å². The standard InChI is InChI=1S/C17H17ClO3S/c1-11(10-22-14-5-3-13(18)4-6-14)15-7-12(9-19)8-16(21-2)17(15)20/h3-9,11,20H,10H2,1-2H3. The van der Waals surface area contributed by atoms with Crippen molar-refractivity contribution in [3.8, 4) is 11.5 Å². The van der Waals surface area contributed by atoms with Crippen LogP contribution in [0, 0.1) is 0 Å². The number of aldehydes is 1. The number of carbonyl (C=O) groups is 1. The van der Waals surface area contributed by atoms with Crippen LogP contribution in [0.3, 0.4) is 0 Å². The molecule has 2 aromatic carbocycles. The average Bonchev–Trinajstić information content (AvgIpc) is 2.54. The molecule has 0 bridgehead atoms. The summed E-state index contributed by atoms with van der Waals surface area (Å²) >= 11 is 7.54. The molecular formula is C17H17ClO3S. The summed E-state index contributed by atoms with van der Waals surface area (Å²) in [5.74, 6) is 1.25. The molecular weight excluding hydrogens is 320 g/mol. The van der Waals surface area contributed by atoms with Crippen molar-refractivity contribution in [1.82, 2.24) is 0 Å². The lowest BCUT2D eigenvalue weighted by Gasteiger charge is -2.16. The normalized spacial score (nSPS) is 12.0. The van der Waals surface area contributed by atoms with Gasteiger partial charge < -0.3 is 9.84 Å². The minimum absolute atomic E-state index is 0.0643. The maximum Gasteiger partial charge on any atom is 0.161 e. The van der Waals surface area contributed by atoms with Gasteiger partial charge in [-0.15, -0.1) is 11.8 Å². The van der Waals surface area contributed by atoms with E-state index in [1.165, 1.54) is 13.2 Å². The quantitative estimate of drug-likeness (QED) is 0.610. The summed E-state index contributed by atoms with van der Waals surface area (Å²) in [6.07, 6.45) is 0.754. The number of benzene rings is 2. The Balaban J connectivity index is 2.16. The molecule has 2 rings (SSSR count). The van der Waals surface area contributed by atoms with Crippen LogP contribution < -0.4 is 4.74 Å². The van der Waals surface area contributed by atoms with Crippen LogP contribution in [0.15, 0.2) is 41.3 Å². The molecule has 22 heavy (non-hydrogen) atoms. The Kier molecular flexibility index (Phi) is 5.75. The van der Waals surface area contributed by atoms with Gasteiger partial charge in [-0.05, 0) is 42.3 Å². The first-order valence-corrected chi connectivity index (χ1v) is 8.16. The molecule has 0 fully saturated rings. The number of ether oxygens (including phenoxy) is 1. The lowest BCUT2D eigenvalue weighted by molar-refractivity contribution is 0.112. The van der Waals surface area contributed by atoms with Gasteiger partial charge in [0.05, 0.1) is 7.11 Å². The maximum atomic E-state index is 11.0.